The summed E-state index contributed by atoms with van der Waals surface area (Å²) in [4.78, 5) is 24.5. The molecule has 160 valence electrons. The predicted molar refractivity (Wildman–Crippen MR) is 113 cm³/mol. The molecule has 2 atom stereocenters. The molecule has 1 fully saturated rings. The molecule has 4 rings (SSSR count). The Balaban J connectivity index is 1.49. The van der Waals surface area contributed by atoms with E-state index >= 15 is 0 Å². The van der Waals surface area contributed by atoms with Crippen molar-refractivity contribution in [2.45, 2.75) is 58.6 Å². The van der Waals surface area contributed by atoms with Crippen LogP contribution in [0.25, 0.3) is 0 Å². The van der Waals surface area contributed by atoms with E-state index in [-0.39, 0.29) is 23.2 Å². The number of amides is 1. The molecule has 1 aliphatic heterocycles. The lowest BCUT2D eigenvalue weighted by atomic mass is 9.74. The van der Waals surface area contributed by atoms with Gasteiger partial charge in [-0.2, -0.15) is 0 Å². The Morgan fingerprint density at radius 3 is 2.67 bits per heavy atom. The van der Waals surface area contributed by atoms with Gasteiger partial charge in [0.25, 0.3) is 5.91 Å². The number of rotatable bonds is 5. The van der Waals surface area contributed by atoms with Crippen LogP contribution >= 0.6 is 0 Å². The van der Waals surface area contributed by atoms with E-state index in [1.54, 1.807) is 6.92 Å². The molecule has 1 aliphatic carbocycles. The first-order valence-corrected chi connectivity index (χ1v) is 10.6. The van der Waals surface area contributed by atoms with Gasteiger partial charge in [0.15, 0.2) is 6.10 Å². The average molecular weight is 413 g/mol. The minimum absolute atomic E-state index is 0.0165. The normalized spacial score (nSPS) is 21.1. The monoisotopic (exact) mass is 412 g/mol. The van der Waals surface area contributed by atoms with Gasteiger partial charge in [0, 0.05) is 24.8 Å². The third-order valence-corrected chi connectivity index (χ3v) is 5.87. The first-order chi connectivity index (χ1) is 14.3. The molecule has 1 saturated heterocycles. The number of aromatic nitrogens is 2. The standard InChI is InChI=1S/C23H29FN4O2/c1-15(30-17-8-6-16(24)7-9-17)21(29)26-19-12-23(2,3)13-20-18(19)14-25-22(27-20)28-10-4-5-11-28/h6-9,14-15,19H,4-5,10-13H2,1-3H3,(H,26,29)/t15-,19-/m0/s1. The zero-order chi connectivity index (χ0) is 21.3. The molecule has 7 heteroatoms. The fourth-order valence-electron chi connectivity index (χ4n) is 4.29. The van der Waals surface area contributed by atoms with Crippen molar-refractivity contribution in [1.82, 2.24) is 15.3 Å². The smallest absolute Gasteiger partial charge is 0.261 e. The number of hydrogen-bond donors (Lipinski definition) is 1. The van der Waals surface area contributed by atoms with Gasteiger partial charge in [0.2, 0.25) is 5.95 Å². The maximum Gasteiger partial charge on any atom is 0.261 e. The fourth-order valence-corrected chi connectivity index (χ4v) is 4.29. The summed E-state index contributed by atoms with van der Waals surface area (Å²) in [6, 6.07) is 5.50. The van der Waals surface area contributed by atoms with E-state index < -0.39 is 6.10 Å². The molecular formula is C23H29FN4O2. The molecule has 30 heavy (non-hydrogen) atoms. The minimum Gasteiger partial charge on any atom is -0.481 e. The van der Waals surface area contributed by atoms with Crippen molar-refractivity contribution in [2.75, 3.05) is 18.0 Å². The zero-order valence-corrected chi connectivity index (χ0v) is 17.8. The quantitative estimate of drug-likeness (QED) is 0.809. The number of hydrogen-bond acceptors (Lipinski definition) is 5. The molecule has 1 amide bonds. The number of anilines is 1. The van der Waals surface area contributed by atoms with Crippen LogP contribution in [0.3, 0.4) is 0 Å². The van der Waals surface area contributed by atoms with Gasteiger partial charge < -0.3 is 15.0 Å². The van der Waals surface area contributed by atoms with E-state index in [0.717, 1.165) is 43.1 Å². The van der Waals surface area contributed by atoms with Crippen LogP contribution in [0.5, 0.6) is 5.75 Å². The van der Waals surface area contributed by atoms with E-state index in [1.165, 1.54) is 37.1 Å². The van der Waals surface area contributed by atoms with Crippen LogP contribution in [0.2, 0.25) is 0 Å². The Labute approximate surface area is 176 Å². The summed E-state index contributed by atoms with van der Waals surface area (Å²) in [5, 5.41) is 3.12. The second kappa shape index (κ2) is 8.20. The minimum atomic E-state index is -0.700. The van der Waals surface area contributed by atoms with Gasteiger partial charge in [0.1, 0.15) is 11.6 Å². The molecular weight excluding hydrogens is 383 g/mol. The molecule has 1 N–H and O–H groups in total. The van der Waals surface area contributed by atoms with Gasteiger partial charge >= 0.3 is 0 Å². The van der Waals surface area contributed by atoms with E-state index in [9.17, 15) is 9.18 Å². The highest BCUT2D eigenvalue weighted by Gasteiger charge is 2.35. The maximum atomic E-state index is 13.1. The van der Waals surface area contributed by atoms with Gasteiger partial charge in [-0.05, 0) is 62.3 Å². The lowest BCUT2D eigenvalue weighted by molar-refractivity contribution is -0.128. The molecule has 0 bridgehead atoms. The lowest BCUT2D eigenvalue weighted by Crippen LogP contribution is -2.42. The SMILES string of the molecule is C[C@H](Oc1ccc(F)cc1)C(=O)N[C@H]1CC(C)(C)Cc2nc(N3CCCC3)ncc21. The number of halogens is 1. The number of ether oxygens (including phenoxy) is 1. The third kappa shape index (κ3) is 4.55. The number of carbonyl (C=O) groups is 1. The van der Waals surface area contributed by atoms with Crippen LogP contribution in [0.4, 0.5) is 10.3 Å². The molecule has 2 aromatic rings. The van der Waals surface area contributed by atoms with Crippen molar-refractivity contribution in [1.29, 1.82) is 0 Å². The van der Waals surface area contributed by atoms with Crippen molar-refractivity contribution in [3.05, 3.63) is 47.5 Å². The zero-order valence-electron chi connectivity index (χ0n) is 17.8. The molecule has 0 saturated carbocycles. The van der Waals surface area contributed by atoms with Crippen molar-refractivity contribution in [3.8, 4) is 5.75 Å². The summed E-state index contributed by atoms with van der Waals surface area (Å²) < 4.78 is 18.8. The van der Waals surface area contributed by atoms with E-state index in [0.29, 0.717) is 5.75 Å². The Morgan fingerprint density at radius 1 is 1.27 bits per heavy atom. The van der Waals surface area contributed by atoms with Crippen molar-refractivity contribution in [3.63, 3.8) is 0 Å². The van der Waals surface area contributed by atoms with Gasteiger partial charge in [-0.1, -0.05) is 13.8 Å². The van der Waals surface area contributed by atoms with E-state index in [4.69, 9.17) is 9.72 Å². The van der Waals surface area contributed by atoms with Gasteiger partial charge in [0.05, 0.1) is 11.7 Å². The van der Waals surface area contributed by atoms with Gasteiger partial charge in [-0.15, -0.1) is 0 Å². The highest BCUT2D eigenvalue weighted by molar-refractivity contribution is 5.81. The van der Waals surface area contributed by atoms with Crippen LogP contribution < -0.4 is 15.0 Å². The highest BCUT2D eigenvalue weighted by Crippen LogP contribution is 2.40. The van der Waals surface area contributed by atoms with Crippen molar-refractivity contribution >= 4 is 11.9 Å². The number of carbonyl (C=O) groups excluding carboxylic acids is 1. The summed E-state index contributed by atoms with van der Waals surface area (Å²) in [6.45, 7) is 8.10. The summed E-state index contributed by atoms with van der Waals surface area (Å²) >= 11 is 0. The molecule has 0 radical (unpaired) electrons. The van der Waals surface area contributed by atoms with Crippen molar-refractivity contribution < 1.29 is 13.9 Å². The van der Waals surface area contributed by atoms with Crippen molar-refractivity contribution in [2.24, 2.45) is 5.41 Å². The van der Waals surface area contributed by atoms with Crippen LogP contribution in [0, 0.1) is 11.2 Å². The largest absolute Gasteiger partial charge is 0.481 e. The van der Waals surface area contributed by atoms with Crippen LogP contribution in [0.1, 0.15) is 57.3 Å². The van der Waals surface area contributed by atoms with E-state index in [2.05, 4.69) is 29.0 Å². The second-order valence-corrected chi connectivity index (χ2v) is 9.09. The van der Waals surface area contributed by atoms with Crippen LogP contribution in [0.15, 0.2) is 30.5 Å². The summed E-state index contributed by atoms with van der Waals surface area (Å²) in [5.74, 6) is 0.703. The van der Waals surface area contributed by atoms with Gasteiger partial charge in [-0.25, -0.2) is 14.4 Å². The molecule has 2 heterocycles. The maximum absolute atomic E-state index is 13.1. The molecule has 1 aromatic heterocycles. The summed E-state index contributed by atoms with van der Waals surface area (Å²) in [6.07, 6.45) is 5.20. The first-order valence-electron chi connectivity index (χ1n) is 10.6. The second-order valence-electron chi connectivity index (χ2n) is 9.09. The number of nitrogens with zero attached hydrogens (tertiary/aromatic N) is 3. The molecule has 6 nitrogen and oxygen atoms in total. The lowest BCUT2D eigenvalue weighted by Gasteiger charge is -2.37. The topological polar surface area (TPSA) is 67.3 Å². The number of fused-ring (bicyclic) bond motifs is 1. The fraction of sp³-hybridized carbons (Fsp3) is 0.522. The predicted octanol–water partition coefficient (Wildman–Crippen LogP) is 3.81. The molecule has 0 unspecified atom stereocenters. The first kappa shape index (κ1) is 20.6. The Hall–Kier alpha value is -2.70. The Kier molecular flexibility index (Phi) is 5.62. The van der Waals surface area contributed by atoms with E-state index in [1.807, 2.05) is 6.20 Å². The summed E-state index contributed by atoms with van der Waals surface area (Å²) in [5.41, 5.74) is 2.02. The Morgan fingerprint density at radius 2 is 1.97 bits per heavy atom. The van der Waals surface area contributed by atoms with Gasteiger partial charge in [-0.3, -0.25) is 4.79 Å². The average Bonchev–Trinajstić information content (AvgIpc) is 3.23. The number of nitrogens with one attached hydrogen (secondary N) is 1. The summed E-state index contributed by atoms with van der Waals surface area (Å²) in [7, 11) is 0. The van der Waals surface area contributed by atoms with Crippen LogP contribution in [-0.2, 0) is 11.2 Å². The third-order valence-electron chi connectivity index (χ3n) is 5.87. The van der Waals surface area contributed by atoms with Crippen LogP contribution in [-0.4, -0.2) is 35.1 Å². The molecule has 0 spiro atoms. The highest BCUT2D eigenvalue weighted by atomic mass is 19.1. The molecule has 2 aliphatic rings. The number of benzene rings is 1. The molecule has 1 aromatic carbocycles. The Bertz CT molecular complexity index is 910.